The Morgan fingerprint density at radius 3 is 2.71 bits per heavy atom. The molecule has 3 heteroatoms. The van der Waals surface area contributed by atoms with Crippen LogP contribution in [0.1, 0.15) is 31.7 Å². The second-order valence-electron chi connectivity index (χ2n) is 4.72. The first-order chi connectivity index (χ1) is 8.24. The highest BCUT2D eigenvalue weighted by atomic mass is 15.1. The largest absolute Gasteiger partial charge is 0.397 e. The average molecular weight is 229 g/mol. The molecule has 2 N–H and O–H groups in total. The number of rotatable bonds is 4. The summed E-state index contributed by atoms with van der Waals surface area (Å²) in [5.41, 5.74) is 8.43. The molecule has 0 bridgehead atoms. The van der Waals surface area contributed by atoms with Gasteiger partial charge in [-0.3, -0.25) is 0 Å². The van der Waals surface area contributed by atoms with E-state index in [0.29, 0.717) is 11.3 Å². The average Bonchev–Trinajstić information content (AvgIpc) is 2.29. The molecule has 0 heterocycles. The number of nitrogen functional groups attached to an aromatic ring is 1. The molecule has 0 saturated heterocycles. The minimum atomic E-state index is 0.631. The minimum absolute atomic E-state index is 0.631. The van der Waals surface area contributed by atoms with Crippen molar-refractivity contribution in [2.75, 3.05) is 23.7 Å². The maximum atomic E-state index is 8.82. The van der Waals surface area contributed by atoms with E-state index >= 15 is 0 Å². The monoisotopic (exact) mass is 229 g/mol. The van der Waals surface area contributed by atoms with Gasteiger partial charge in [0.15, 0.2) is 0 Å². The molecule has 0 amide bonds. The zero-order chi connectivity index (χ0) is 12.3. The van der Waals surface area contributed by atoms with Gasteiger partial charge in [-0.1, -0.05) is 6.42 Å². The van der Waals surface area contributed by atoms with Crippen LogP contribution in [0.3, 0.4) is 0 Å². The van der Waals surface area contributed by atoms with Crippen molar-refractivity contribution >= 4 is 11.4 Å². The zero-order valence-electron chi connectivity index (χ0n) is 10.3. The predicted octanol–water partition coefficient (Wildman–Crippen LogP) is 2.77. The molecule has 1 aliphatic carbocycles. The fourth-order valence-electron chi connectivity index (χ4n) is 2.30. The number of nitrogens with two attached hydrogens (primary N) is 1. The van der Waals surface area contributed by atoms with Crippen molar-refractivity contribution < 1.29 is 0 Å². The molecule has 1 aliphatic rings. The van der Waals surface area contributed by atoms with Crippen molar-refractivity contribution in [1.82, 2.24) is 0 Å². The van der Waals surface area contributed by atoms with Crippen molar-refractivity contribution in [1.29, 1.82) is 5.26 Å². The van der Waals surface area contributed by atoms with Crippen LogP contribution in [0.15, 0.2) is 18.2 Å². The van der Waals surface area contributed by atoms with E-state index in [1.165, 1.54) is 19.3 Å². The summed E-state index contributed by atoms with van der Waals surface area (Å²) in [6.07, 6.45) is 4.05. The number of anilines is 2. The summed E-state index contributed by atoms with van der Waals surface area (Å²) in [7, 11) is 0. The Morgan fingerprint density at radius 1 is 1.47 bits per heavy atom. The Labute approximate surface area is 103 Å². The van der Waals surface area contributed by atoms with Gasteiger partial charge in [-0.25, -0.2) is 0 Å². The Hall–Kier alpha value is -1.69. The molecule has 0 spiro atoms. The van der Waals surface area contributed by atoms with Gasteiger partial charge in [0.05, 0.1) is 23.0 Å². The molecule has 3 nitrogen and oxygen atoms in total. The van der Waals surface area contributed by atoms with Crippen LogP contribution < -0.4 is 10.6 Å². The number of nitrogens with zero attached hydrogens (tertiary/aromatic N) is 2. The van der Waals surface area contributed by atoms with Gasteiger partial charge >= 0.3 is 0 Å². The second-order valence-corrected chi connectivity index (χ2v) is 4.72. The molecule has 2 rings (SSSR count). The van der Waals surface area contributed by atoms with Crippen molar-refractivity contribution in [2.24, 2.45) is 5.92 Å². The molecular weight excluding hydrogens is 210 g/mol. The summed E-state index contributed by atoms with van der Waals surface area (Å²) in [4.78, 5) is 2.32. The van der Waals surface area contributed by atoms with Crippen LogP contribution in [0.2, 0.25) is 0 Å². The van der Waals surface area contributed by atoms with Gasteiger partial charge in [0.25, 0.3) is 0 Å². The molecule has 90 valence electrons. The second kappa shape index (κ2) is 5.09. The van der Waals surface area contributed by atoms with E-state index in [1.807, 2.05) is 12.1 Å². The third-order valence-corrected chi connectivity index (χ3v) is 3.58. The van der Waals surface area contributed by atoms with Crippen molar-refractivity contribution in [3.63, 3.8) is 0 Å². The molecule has 0 aliphatic heterocycles. The lowest BCUT2D eigenvalue weighted by molar-refractivity contribution is 0.318. The third kappa shape index (κ3) is 2.52. The van der Waals surface area contributed by atoms with E-state index in [9.17, 15) is 0 Å². The van der Waals surface area contributed by atoms with E-state index in [2.05, 4.69) is 17.9 Å². The van der Waals surface area contributed by atoms with Gasteiger partial charge in [-0.05, 0) is 43.9 Å². The van der Waals surface area contributed by atoms with Crippen LogP contribution in [0.25, 0.3) is 0 Å². The molecular formula is C14H19N3. The lowest BCUT2D eigenvalue weighted by Gasteiger charge is -2.33. The van der Waals surface area contributed by atoms with Gasteiger partial charge in [-0.15, -0.1) is 0 Å². The first-order valence-electron chi connectivity index (χ1n) is 6.29. The highest BCUT2D eigenvalue weighted by Gasteiger charge is 2.21. The molecule has 0 atom stereocenters. The fraction of sp³-hybridized carbons (Fsp3) is 0.500. The molecule has 1 aromatic carbocycles. The summed E-state index contributed by atoms with van der Waals surface area (Å²) in [5.74, 6) is 0.824. The molecule has 1 aromatic rings. The normalized spacial score (nSPS) is 15.1. The smallest absolute Gasteiger partial charge is 0.0992 e. The van der Waals surface area contributed by atoms with Crippen LogP contribution in [-0.4, -0.2) is 13.1 Å². The third-order valence-electron chi connectivity index (χ3n) is 3.58. The van der Waals surface area contributed by atoms with Crippen molar-refractivity contribution in [3.05, 3.63) is 23.8 Å². The van der Waals surface area contributed by atoms with Gasteiger partial charge < -0.3 is 10.6 Å². The summed E-state index contributed by atoms with van der Waals surface area (Å²) >= 11 is 0. The lowest BCUT2D eigenvalue weighted by atomic mass is 9.85. The summed E-state index contributed by atoms with van der Waals surface area (Å²) in [6, 6.07) is 7.69. The van der Waals surface area contributed by atoms with E-state index in [4.69, 9.17) is 11.0 Å². The lowest BCUT2D eigenvalue weighted by Crippen LogP contribution is -2.32. The number of benzene rings is 1. The first kappa shape index (κ1) is 11.8. The van der Waals surface area contributed by atoms with E-state index in [-0.39, 0.29) is 0 Å². The van der Waals surface area contributed by atoms with Crippen molar-refractivity contribution in [3.8, 4) is 6.07 Å². The Kier molecular flexibility index (Phi) is 3.53. The van der Waals surface area contributed by atoms with Gasteiger partial charge in [-0.2, -0.15) is 5.26 Å². The number of nitriles is 1. The highest BCUT2D eigenvalue weighted by molar-refractivity contribution is 5.69. The predicted molar refractivity (Wildman–Crippen MR) is 70.8 cm³/mol. The maximum absolute atomic E-state index is 8.82. The van der Waals surface area contributed by atoms with E-state index in [0.717, 1.165) is 24.7 Å². The van der Waals surface area contributed by atoms with Gasteiger partial charge in [0.2, 0.25) is 0 Å². The summed E-state index contributed by atoms with van der Waals surface area (Å²) < 4.78 is 0. The van der Waals surface area contributed by atoms with Crippen LogP contribution in [0.5, 0.6) is 0 Å². The van der Waals surface area contributed by atoms with Gasteiger partial charge in [0, 0.05) is 13.1 Å². The standard InChI is InChI=1S/C14H19N3/c1-2-17(10-11-4-3-5-11)14-7-6-12(9-15)8-13(14)16/h6-8,11H,2-5,10,16H2,1H3. The SMILES string of the molecule is CCN(CC1CCC1)c1ccc(C#N)cc1N. The van der Waals surface area contributed by atoms with E-state index in [1.54, 1.807) is 6.07 Å². The topological polar surface area (TPSA) is 53.0 Å². The van der Waals surface area contributed by atoms with Crippen LogP contribution in [0.4, 0.5) is 11.4 Å². The Bertz CT molecular complexity index is 430. The zero-order valence-corrected chi connectivity index (χ0v) is 10.3. The molecule has 1 fully saturated rings. The Balaban J connectivity index is 2.15. The minimum Gasteiger partial charge on any atom is -0.397 e. The first-order valence-corrected chi connectivity index (χ1v) is 6.29. The van der Waals surface area contributed by atoms with Crippen LogP contribution in [-0.2, 0) is 0 Å². The van der Waals surface area contributed by atoms with E-state index < -0.39 is 0 Å². The Morgan fingerprint density at radius 2 is 2.24 bits per heavy atom. The molecule has 17 heavy (non-hydrogen) atoms. The molecule has 0 radical (unpaired) electrons. The highest BCUT2D eigenvalue weighted by Crippen LogP contribution is 2.31. The fourth-order valence-corrected chi connectivity index (χ4v) is 2.30. The number of hydrogen-bond acceptors (Lipinski definition) is 3. The molecule has 0 aromatic heterocycles. The van der Waals surface area contributed by atoms with Crippen LogP contribution in [0, 0.1) is 17.2 Å². The molecule has 0 unspecified atom stereocenters. The van der Waals surface area contributed by atoms with Crippen LogP contribution >= 0.6 is 0 Å². The summed E-state index contributed by atoms with van der Waals surface area (Å²) in [6.45, 7) is 4.20. The maximum Gasteiger partial charge on any atom is 0.0992 e. The van der Waals surface area contributed by atoms with Crippen molar-refractivity contribution in [2.45, 2.75) is 26.2 Å². The summed E-state index contributed by atoms with van der Waals surface area (Å²) in [5, 5.41) is 8.82. The van der Waals surface area contributed by atoms with Gasteiger partial charge in [0.1, 0.15) is 0 Å². The quantitative estimate of drug-likeness (QED) is 0.808. The molecule has 1 saturated carbocycles. The number of hydrogen-bond donors (Lipinski definition) is 1.